The normalized spacial score (nSPS) is 21.3. The van der Waals surface area contributed by atoms with Crippen LogP contribution in [0.1, 0.15) is 5.69 Å². The fraction of sp³-hybridized carbons (Fsp3) is 0.692. The molecule has 8 heteroatoms. The molecule has 1 aromatic heterocycles. The molecule has 0 aromatic carbocycles. The molecule has 21 heavy (non-hydrogen) atoms. The van der Waals surface area contributed by atoms with Crippen molar-refractivity contribution in [2.24, 2.45) is 5.92 Å². The molecule has 0 bridgehead atoms. The van der Waals surface area contributed by atoms with Gasteiger partial charge in [-0.1, -0.05) is 0 Å². The summed E-state index contributed by atoms with van der Waals surface area (Å²) in [6.07, 6.45) is 2.79. The largest absolute Gasteiger partial charge is 0.384 e. The summed E-state index contributed by atoms with van der Waals surface area (Å²) in [6, 6.07) is 1.92. The van der Waals surface area contributed by atoms with Gasteiger partial charge in [-0.25, -0.2) is 18.4 Å². The monoisotopic (exact) mass is 314 g/mol. The van der Waals surface area contributed by atoms with Crippen molar-refractivity contribution in [1.29, 1.82) is 0 Å². The van der Waals surface area contributed by atoms with Crippen LogP contribution < -0.4 is 4.90 Å². The zero-order valence-electron chi connectivity index (χ0n) is 12.7. The van der Waals surface area contributed by atoms with Crippen LogP contribution in [0.2, 0.25) is 0 Å². The highest BCUT2D eigenvalue weighted by molar-refractivity contribution is 7.88. The van der Waals surface area contributed by atoms with Gasteiger partial charge in [0.15, 0.2) is 0 Å². The highest BCUT2D eigenvalue weighted by Gasteiger charge is 2.28. The molecule has 1 aliphatic rings. The van der Waals surface area contributed by atoms with Crippen molar-refractivity contribution in [3.63, 3.8) is 0 Å². The molecule has 7 nitrogen and oxygen atoms in total. The number of hydrogen-bond donors (Lipinski definition) is 0. The molecule has 1 aromatic rings. The van der Waals surface area contributed by atoms with Gasteiger partial charge in [0.1, 0.15) is 12.1 Å². The van der Waals surface area contributed by atoms with E-state index in [-0.39, 0.29) is 5.92 Å². The molecule has 0 amide bonds. The van der Waals surface area contributed by atoms with Gasteiger partial charge in [-0.15, -0.1) is 0 Å². The van der Waals surface area contributed by atoms with Gasteiger partial charge in [-0.2, -0.15) is 4.31 Å². The Labute approximate surface area is 126 Å². The van der Waals surface area contributed by atoms with Gasteiger partial charge in [0.2, 0.25) is 10.0 Å². The van der Waals surface area contributed by atoms with E-state index >= 15 is 0 Å². The minimum Gasteiger partial charge on any atom is -0.384 e. The molecule has 2 heterocycles. The van der Waals surface area contributed by atoms with Crippen LogP contribution in [0.15, 0.2) is 12.4 Å². The van der Waals surface area contributed by atoms with Gasteiger partial charge in [0.25, 0.3) is 0 Å². The van der Waals surface area contributed by atoms with E-state index in [1.165, 1.54) is 16.9 Å². The molecule has 0 N–H and O–H groups in total. The second kappa shape index (κ2) is 6.67. The zero-order valence-corrected chi connectivity index (χ0v) is 13.5. The highest BCUT2D eigenvalue weighted by atomic mass is 32.2. The van der Waals surface area contributed by atoms with Crippen LogP contribution in [0.25, 0.3) is 0 Å². The van der Waals surface area contributed by atoms with E-state index in [2.05, 4.69) is 14.9 Å². The van der Waals surface area contributed by atoms with Crippen LogP contribution in [0.3, 0.4) is 0 Å². The number of hydrogen-bond acceptors (Lipinski definition) is 6. The lowest BCUT2D eigenvalue weighted by atomic mass is 10.1. The van der Waals surface area contributed by atoms with Crippen LogP contribution >= 0.6 is 0 Å². The second-order valence-electron chi connectivity index (χ2n) is 5.41. The van der Waals surface area contributed by atoms with E-state index < -0.39 is 10.0 Å². The number of aromatic nitrogens is 2. The molecule has 1 saturated heterocycles. The summed E-state index contributed by atoms with van der Waals surface area (Å²) < 4.78 is 30.4. The zero-order chi connectivity index (χ0) is 15.5. The van der Waals surface area contributed by atoms with Crippen molar-refractivity contribution in [2.45, 2.75) is 6.92 Å². The Bertz CT molecular complexity index is 579. The number of ether oxygens (including phenoxy) is 1. The van der Waals surface area contributed by atoms with Crippen LogP contribution in [0.4, 0.5) is 5.82 Å². The van der Waals surface area contributed by atoms with E-state index in [1.807, 2.05) is 13.0 Å². The summed E-state index contributed by atoms with van der Waals surface area (Å²) >= 11 is 0. The maximum Gasteiger partial charge on any atom is 0.211 e. The van der Waals surface area contributed by atoms with Crippen molar-refractivity contribution in [3.8, 4) is 0 Å². The molecule has 1 unspecified atom stereocenters. The molecular weight excluding hydrogens is 292 g/mol. The van der Waals surface area contributed by atoms with Gasteiger partial charge in [0.05, 0.1) is 12.9 Å². The smallest absolute Gasteiger partial charge is 0.211 e. The predicted octanol–water partition coefficient (Wildman–Crippen LogP) is 0.129. The van der Waals surface area contributed by atoms with Crippen molar-refractivity contribution < 1.29 is 13.2 Å². The Morgan fingerprint density at radius 3 is 2.71 bits per heavy atom. The molecule has 0 saturated carbocycles. The Hall–Kier alpha value is -1.25. The van der Waals surface area contributed by atoms with Crippen LogP contribution in [0, 0.1) is 12.8 Å². The van der Waals surface area contributed by atoms with Crippen LogP contribution in [-0.4, -0.2) is 68.8 Å². The fourth-order valence-electron chi connectivity index (χ4n) is 2.54. The lowest BCUT2D eigenvalue weighted by Crippen LogP contribution is -2.36. The lowest BCUT2D eigenvalue weighted by Gasteiger charge is -2.24. The lowest BCUT2D eigenvalue weighted by molar-refractivity contribution is 0.147. The quantitative estimate of drug-likeness (QED) is 0.786. The van der Waals surface area contributed by atoms with Gasteiger partial charge >= 0.3 is 0 Å². The fourth-order valence-corrected chi connectivity index (χ4v) is 3.43. The molecule has 0 aliphatic carbocycles. The molecular formula is C13H22N4O3S. The van der Waals surface area contributed by atoms with Gasteiger partial charge in [-0.05, 0) is 6.92 Å². The number of nitrogens with zero attached hydrogens (tertiary/aromatic N) is 4. The highest BCUT2D eigenvalue weighted by Crippen LogP contribution is 2.18. The molecule has 1 atom stereocenters. The number of sulfonamides is 1. The van der Waals surface area contributed by atoms with Crippen molar-refractivity contribution in [2.75, 3.05) is 51.1 Å². The standard InChI is InChI=1S/C13H22N4O3S/c1-11-6-13(15-10-14-11)16-4-5-17(21(3,18)19)8-12(7-16)9-20-2/h6,10,12H,4-5,7-9H2,1-3H3. The van der Waals surface area contributed by atoms with Gasteiger partial charge in [-0.3, -0.25) is 0 Å². The van der Waals surface area contributed by atoms with Crippen molar-refractivity contribution >= 4 is 15.8 Å². The number of aryl methyl sites for hydroxylation is 1. The molecule has 1 aliphatic heterocycles. The summed E-state index contributed by atoms with van der Waals surface area (Å²) in [5.74, 6) is 0.946. The maximum absolute atomic E-state index is 11.8. The van der Waals surface area contributed by atoms with Gasteiger partial charge < -0.3 is 9.64 Å². The third-order valence-electron chi connectivity index (χ3n) is 3.54. The van der Waals surface area contributed by atoms with Gasteiger partial charge in [0, 0.05) is 51.0 Å². The number of methoxy groups -OCH3 is 1. The second-order valence-corrected chi connectivity index (χ2v) is 7.39. The molecule has 0 spiro atoms. The topological polar surface area (TPSA) is 75.6 Å². The van der Waals surface area contributed by atoms with Crippen molar-refractivity contribution in [1.82, 2.24) is 14.3 Å². The van der Waals surface area contributed by atoms with E-state index in [0.29, 0.717) is 26.2 Å². The maximum atomic E-state index is 11.8. The first kappa shape index (κ1) is 16.1. The van der Waals surface area contributed by atoms with E-state index in [1.54, 1.807) is 7.11 Å². The van der Waals surface area contributed by atoms with Crippen LogP contribution in [-0.2, 0) is 14.8 Å². The van der Waals surface area contributed by atoms with E-state index in [9.17, 15) is 8.42 Å². The van der Waals surface area contributed by atoms with Crippen LogP contribution in [0.5, 0.6) is 0 Å². The summed E-state index contributed by atoms with van der Waals surface area (Å²) in [5, 5.41) is 0. The summed E-state index contributed by atoms with van der Waals surface area (Å²) in [5.41, 5.74) is 0.896. The SMILES string of the molecule is COCC1CN(c2cc(C)ncn2)CCN(S(C)(=O)=O)C1. The molecule has 1 fully saturated rings. The Morgan fingerprint density at radius 1 is 1.33 bits per heavy atom. The van der Waals surface area contributed by atoms with E-state index in [4.69, 9.17) is 4.74 Å². The molecule has 0 radical (unpaired) electrons. The number of anilines is 1. The molecule has 2 rings (SSSR count). The average molecular weight is 314 g/mol. The Balaban J connectivity index is 2.21. The minimum absolute atomic E-state index is 0.113. The number of rotatable bonds is 4. The minimum atomic E-state index is -3.20. The summed E-state index contributed by atoms with van der Waals surface area (Å²) in [7, 11) is -1.56. The third kappa shape index (κ3) is 4.36. The summed E-state index contributed by atoms with van der Waals surface area (Å²) in [4.78, 5) is 10.5. The summed E-state index contributed by atoms with van der Waals surface area (Å²) in [6.45, 7) is 4.71. The first-order valence-electron chi connectivity index (χ1n) is 6.88. The first-order chi connectivity index (χ1) is 9.90. The third-order valence-corrected chi connectivity index (χ3v) is 4.81. The van der Waals surface area contributed by atoms with E-state index in [0.717, 1.165) is 18.1 Å². The Morgan fingerprint density at radius 2 is 2.10 bits per heavy atom. The molecule has 118 valence electrons. The Kier molecular flexibility index (Phi) is 5.13. The van der Waals surface area contributed by atoms with Crippen molar-refractivity contribution in [3.05, 3.63) is 18.1 Å². The predicted molar refractivity (Wildman–Crippen MR) is 80.8 cm³/mol. The first-order valence-corrected chi connectivity index (χ1v) is 8.72. The average Bonchev–Trinajstić information content (AvgIpc) is 2.61.